The lowest BCUT2D eigenvalue weighted by Gasteiger charge is -2.10. The number of rotatable bonds is 5. The zero-order valence-corrected chi connectivity index (χ0v) is 17.8. The molecular formula is C25H20N6O2. The highest BCUT2D eigenvalue weighted by molar-refractivity contribution is 6.01. The zero-order chi connectivity index (χ0) is 22.6. The van der Waals surface area contributed by atoms with Crippen molar-refractivity contribution in [3.8, 4) is 17.4 Å². The fourth-order valence-corrected chi connectivity index (χ4v) is 3.39. The third-order valence-electron chi connectivity index (χ3n) is 4.88. The Balaban J connectivity index is 1.23. The van der Waals surface area contributed by atoms with E-state index in [1.54, 1.807) is 54.3 Å². The first-order valence-electron chi connectivity index (χ1n) is 10.3. The van der Waals surface area contributed by atoms with Crippen LogP contribution in [0.2, 0.25) is 0 Å². The van der Waals surface area contributed by atoms with Crippen molar-refractivity contribution >= 4 is 28.2 Å². The van der Waals surface area contributed by atoms with Gasteiger partial charge in [-0.3, -0.25) is 0 Å². The molecule has 8 heteroatoms. The number of nitrogens with one attached hydrogen (secondary N) is 2. The first kappa shape index (κ1) is 20.2. The van der Waals surface area contributed by atoms with E-state index in [1.165, 1.54) is 0 Å². The Morgan fingerprint density at radius 3 is 2.39 bits per heavy atom. The van der Waals surface area contributed by atoms with E-state index >= 15 is 0 Å². The van der Waals surface area contributed by atoms with Gasteiger partial charge in [-0.2, -0.15) is 10.1 Å². The average molecular weight is 436 g/mol. The molecule has 0 aliphatic carbocycles. The van der Waals surface area contributed by atoms with Gasteiger partial charge in [0.05, 0.1) is 0 Å². The molecule has 0 bridgehead atoms. The highest BCUT2D eigenvalue weighted by Gasteiger charge is 2.08. The Hall–Kier alpha value is -4.72. The topological polar surface area (TPSA) is 94.0 Å². The summed E-state index contributed by atoms with van der Waals surface area (Å²) in [6, 6.07) is 24.0. The van der Waals surface area contributed by atoms with Gasteiger partial charge in [-0.05, 0) is 60.2 Å². The number of benzene rings is 3. The number of nitrogens with zero attached hydrogens (tertiary/aromatic N) is 4. The number of urea groups is 1. The van der Waals surface area contributed by atoms with Crippen molar-refractivity contribution in [2.45, 2.75) is 6.92 Å². The van der Waals surface area contributed by atoms with E-state index < -0.39 is 0 Å². The van der Waals surface area contributed by atoms with Crippen molar-refractivity contribution in [1.29, 1.82) is 0 Å². The molecule has 0 aliphatic rings. The third kappa shape index (κ3) is 4.80. The maximum absolute atomic E-state index is 12.4. The zero-order valence-electron chi connectivity index (χ0n) is 17.8. The Morgan fingerprint density at radius 2 is 1.61 bits per heavy atom. The number of anilines is 2. The SMILES string of the molecule is Cc1nc(Oc2ccc(NC(=O)Nc3ccc4ccccc4c3)cc2)cc(-n2cccn2)n1. The normalized spacial score (nSPS) is 10.7. The molecular weight excluding hydrogens is 416 g/mol. The molecule has 0 atom stereocenters. The van der Waals surface area contributed by atoms with E-state index in [0.29, 0.717) is 29.0 Å². The number of ether oxygens (including phenoxy) is 1. The molecule has 2 aromatic heterocycles. The summed E-state index contributed by atoms with van der Waals surface area (Å²) in [4.78, 5) is 21.1. The Kier molecular flexibility index (Phi) is 5.38. The molecule has 0 saturated carbocycles. The molecule has 2 heterocycles. The van der Waals surface area contributed by atoms with Crippen LogP contribution in [0.1, 0.15) is 5.82 Å². The van der Waals surface area contributed by atoms with Crippen LogP contribution in [-0.2, 0) is 0 Å². The van der Waals surface area contributed by atoms with Crippen molar-refractivity contribution in [2.24, 2.45) is 0 Å². The molecule has 2 N–H and O–H groups in total. The van der Waals surface area contributed by atoms with Gasteiger partial charge < -0.3 is 15.4 Å². The molecule has 162 valence electrons. The van der Waals surface area contributed by atoms with Crippen molar-refractivity contribution < 1.29 is 9.53 Å². The van der Waals surface area contributed by atoms with E-state index in [2.05, 4.69) is 25.7 Å². The second kappa shape index (κ2) is 8.80. The van der Waals surface area contributed by atoms with Crippen LogP contribution in [0.5, 0.6) is 11.6 Å². The van der Waals surface area contributed by atoms with E-state index in [0.717, 1.165) is 16.5 Å². The van der Waals surface area contributed by atoms with Crippen molar-refractivity contribution in [3.63, 3.8) is 0 Å². The molecule has 0 unspecified atom stereocenters. The van der Waals surface area contributed by atoms with Crippen LogP contribution in [0.15, 0.2) is 91.3 Å². The Bertz CT molecular complexity index is 1420. The molecule has 33 heavy (non-hydrogen) atoms. The standard InChI is InChI=1S/C25H20N6O2/c1-17-27-23(31-14-4-13-26-31)16-24(28-17)33-22-11-9-20(10-12-22)29-25(32)30-21-8-7-18-5-2-3-6-19(18)15-21/h2-16H,1H3,(H2,29,30,32). The minimum Gasteiger partial charge on any atom is -0.439 e. The summed E-state index contributed by atoms with van der Waals surface area (Å²) in [5.41, 5.74) is 1.36. The fourth-order valence-electron chi connectivity index (χ4n) is 3.39. The minimum absolute atomic E-state index is 0.325. The van der Waals surface area contributed by atoms with Crippen LogP contribution in [-0.4, -0.2) is 25.8 Å². The van der Waals surface area contributed by atoms with Crippen LogP contribution in [0, 0.1) is 6.92 Å². The summed E-state index contributed by atoms with van der Waals surface area (Å²) < 4.78 is 7.52. The molecule has 3 aromatic carbocycles. The van der Waals surface area contributed by atoms with Gasteiger partial charge in [-0.1, -0.05) is 30.3 Å². The minimum atomic E-state index is -0.325. The van der Waals surface area contributed by atoms with Gasteiger partial charge in [-0.25, -0.2) is 14.5 Å². The quantitative estimate of drug-likeness (QED) is 0.376. The number of amides is 2. The van der Waals surface area contributed by atoms with E-state index in [9.17, 15) is 4.79 Å². The fraction of sp³-hybridized carbons (Fsp3) is 0.0400. The number of carbonyl (C=O) groups is 1. The monoisotopic (exact) mass is 436 g/mol. The summed E-state index contributed by atoms with van der Waals surface area (Å²) in [6.45, 7) is 1.79. The second-order valence-corrected chi connectivity index (χ2v) is 7.33. The number of hydrogen-bond donors (Lipinski definition) is 2. The van der Waals surface area contributed by atoms with Gasteiger partial charge in [0.1, 0.15) is 11.6 Å². The second-order valence-electron chi connectivity index (χ2n) is 7.33. The summed E-state index contributed by atoms with van der Waals surface area (Å²) >= 11 is 0. The average Bonchev–Trinajstić information content (AvgIpc) is 3.35. The van der Waals surface area contributed by atoms with Crippen LogP contribution >= 0.6 is 0 Å². The van der Waals surface area contributed by atoms with Gasteiger partial charge in [0.15, 0.2) is 5.82 Å². The first-order valence-corrected chi connectivity index (χ1v) is 10.3. The summed E-state index contributed by atoms with van der Waals surface area (Å²) in [6.07, 6.45) is 3.48. The van der Waals surface area contributed by atoms with E-state index in [-0.39, 0.29) is 6.03 Å². The Labute approximate surface area is 189 Å². The highest BCUT2D eigenvalue weighted by Crippen LogP contribution is 2.23. The van der Waals surface area contributed by atoms with Crippen LogP contribution in [0.3, 0.4) is 0 Å². The van der Waals surface area contributed by atoms with Crippen molar-refractivity contribution in [1.82, 2.24) is 19.7 Å². The predicted molar refractivity (Wildman–Crippen MR) is 127 cm³/mol. The van der Waals surface area contributed by atoms with E-state index in [1.807, 2.05) is 48.5 Å². The summed E-state index contributed by atoms with van der Waals surface area (Å²) in [7, 11) is 0. The van der Waals surface area contributed by atoms with Crippen molar-refractivity contribution in [2.75, 3.05) is 10.6 Å². The lowest BCUT2D eigenvalue weighted by molar-refractivity contribution is 0.262. The largest absolute Gasteiger partial charge is 0.439 e. The molecule has 8 nitrogen and oxygen atoms in total. The molecule has 0 fully saturated rings. The molecule has 0 spiro atoms. The summed E-state index contributed by atoms with van der Waals surface area (Å²) in [5, 5.41) is 12.0. The van der Waals surface area contributed by atoms with Crippen molar-refractivity contribution in [3.05, 3.63) is 97.1 Å². The third-order valence-corrected chi connectivity index (χ3v) is 4.88. The molecule has 5 aromatic rings. The lowest BCUT2D eigenvalue weighted by atomic mass is 10.1. The smallest absolute Gasteiger partial charge is 0.323 e. The number of aromatic nitrogens is 4. The van der Waals surface area contributed by atoms with Crippen LogP contribution < -0.4 is 15.4 Å². The maximum Gasteiger partial charge on any atom is 0.323 e. The number of hydrogen-bond acceptors (Lipinski definition) is 5. The van der Waals surface area contributed by atoms with Gasteiger partial charge in [0.2, 0.25) is 5.88 Å². The number of carbonyl (C=O) groups excluding carboxylic acids is 1. The maximum atomic E-state index is 12.4. The van der Waals surface area contributed by atoms with Gasteiger partial charge >= 0.3 is 6.03 Å². The van der Waals surface area contributed by atoms with E-state index in [4.69, 9.17) is 4.74 Å². The number of aryl methyl sites for hydroxylation is 1. The molecule has 0 aliphatic heterocycles. The molecule has 2 amide bonds. The molecule has 5 rings (SSSR count). The van der Waals surface area contributed by atoms with Crippen LogP contribution in [0.25, 0.3) is 16.6 Å². The molecule has 0 radical (unpaired) electrons. The van der Waals surface area contributed by atoms with Crippen LogP contribution in [0.4, 0.5) is 16.2 Å². The first-order chi connectivity index (χ1) is 16.1. The van der Waals surface area contributed by atoms with Gasteiger partial charge in [0.25, 0.3) is 0 Å². The lowest BCUT2D eigenvalue weighted by Crippen LogP contribution is -2.19. The molecule has 0 saturated heterocycles. The Morgan fingerprint density at radius 1 is 0.848 bits per heavy atom. The van der Waals surface area contributed by atoms with Gasteiger partial charge in [0, 0.05) is 29.8 Å². The predicted octanol–water partition coefficient (Wildman–Crippen LogP) is 5.56. The van der Waals surface area contributed by atoms with Gasteiger partial charge in [-0.15, -0.1) is 0 Å². The highest BCUT2D eigenvalue weighted by atomic mass is 16.5. The number of fused-ring (bicyclic) bond motifs is 1. The summed E-state index contributed by atoms with van der Waals surface area (Å²) in [5.74, 6) is 2.18.